The van der Waals surface area contributed by atoms with Crippen molar-refractivity contribution in [2.24, 2.45) is 0 Å². The van der Waals surface area contributed by atoms with Crippen molar-refractivity contribution >= 4 is 17.5 Å². The molecule has 1 heterocycles. The number of halogens is 1. The Bertz CT molecular complexity index is 622. The minimum Gasteiger partial charge on any atom is -0.471 e. The van der Waals surface area contributed by atoms with Crippen LogP contribution in [0.4, 0.5) is 0 Å². The zero-order chi connectivity index (χ0) is 13.9. The number of rotatable bonds is 5. The number of nitrogens with zero attached hydrogens (tertiary/aromatic N) is 2. The third-order valence-electron chi connectivity index (χ3n) is 2.95. The summed E-state index contributed by atoms with van der Waals surface area (Å²) < 4.78 is 7.12. The van der Waals surface area contributed by atoms with Crippen LogP contribution >= 0.6 is 11.6 Å². The Labute approximate surface area is 121 Å². The Morgan fingerprint density at radius 1 is 1.45 bits per heavy atom. The smallest absolute Gasteiger partial charge is 0.271 e. The molecule has 0 radical (unpaired) electrons. The lowest BCUT2D eigenvalue weighted by molar-refractivity contribution is 0.0944. The zero-order valence-corrected chi connectivity index (χ0v) is 11.5. The molecular formula is C14H14ClN3O2. The Hall–Kier alpha value is -2.01. The molecule has 1 aliphatic rings. The number of hydrogen-bond donors (Lipinski definition) is 1. The van der Waals surface area contributed by atoms with Crippen molar-refractivity contribution in [3.8, 4) is 5.75 Å². The van der Waals surface area contributed by atoms with Gasteiger partial charge in [-0.3, -0.25) is 4.79 Å². The normalized spacial score (nSPS) is 14.1. The maximum atomic E-state index is 11.8. The molecule has 5 nitrogen and oxygen atoms in total. The van der Waals surface area contributed by atoms with Crippen LogP contribution in [0.2, 0.25) is 5.02 Å². The summed E-state index contributed by atoms with van der Waals surface area (Å²) in [5.41, 5.74) is 0.409. The molecule has 0 aliphatic heterocycles. The Balaban J connectivity index is 1.58. The number of carbonyl (C=O) groups excluding carboxylic acids is 1. The lowest BCUT2D eigenvalue weighted by Crippen LogP contribution is -2.26. The van der Waals surface area contributed by atoms with Crippen LogP contribution in [-0.2, 0) is 6.73 Å². The van der Waals surface area contributed by atoms with Gasteiger partial charge in [0.1, 0.15) is 11.4 Å². The topological polar surface area (TPSA) is 56.2 Å². The summed E-state index contributed by atoms with van der Waals surface area (Å²) in [5.74, 6) is 0.533. The second kappa shape index (κ2) is 5.54. The summed E-state index contributed by atoms with van der Waals surface area (Å²) in [6.45, 7) is 0.233. The van der Waals surface area contributed by atoms with Crippen molar-refractivity contribution < 1.29 is 9.53 Å². The van der Waals surface area contributed by atoms with E-state index in [9.17, 15) is 4.79 Å². The molecule has 1 aliphatic carbocycles. The van der Waals surface area contributed by atoms with Crippen molar-refractivity contribution in [1.29, 1.82) is 0 Å². The van der Waals surface area contributed by atoms with E-state index in [1.165, 1.54) is 0 Å². The van der Waals surface area contributed by atoms with Crippen molar-refractivity contribution in [2.45, 2.75) is 25.6 Å². The summed E-state index contributed by atoms with van der Waals surface area (Å²) in [7, 11) is 0. The first-order chi connectivity index (χ1) is 9.70. The second-order valence-electron chi connectivity index (χ2n) is 4.72. The van der Waals surface area contributed by atoms with Gasteiger partial charge in [-0.05, 0) is 37.1 Å². The fraction of sp³-hybridized carbons (Fsp3) is 0.286. The monoisotopic (exact) mass is 291 g/mol. The first-order valence-electron chi connectivity index (χ1n) is 6.43. The standard InChI is InChI=1S/C14H14ClN3O2/c15-10-2-1-3-12(8-10)20-9-18-7-6-13(17-18)14(19)16-11-4-5-11/h1-3,6-8,11H,4-5,9H2,(H,16,19). The summed E-state index contributed by atoms with van der Waals surface area (Å²) in [6.07, 6.45) is 3.83. The van der Waals surface area contributed by atoms with Gasteiger partial charge >= 0.3 is 0 Å². The van der Waals surface area contributed by atoms with Crippen LogP contribution in [0, 0.1) is 0 Å². The molecule has 2 aromatic rings. The zero-order valence-electron chi connectivity index (χ0n) is 10.8. The van der Waals surface area contributed by atoms with Gasteiger partial charge in [-0.15, -0.1) is 0 Å². The maximum Gasteiger partial charge on any atom is 0.271 e. The van der Waals surface area contributed by atoms with Crippen LogP contribution in [0.25, 0.3) is 0 Å². The molecule has 0 atom stereocenters. The molecule has 1 aromatic carbocycles. The predicted octanol–water partition coefficient (Wildman–Crippen LogP) is 2.47. The van der Waals surface area contributed by atoms with E-state index in [2.05, 4.69) is 10.4 Å². The molecule has 0 spiro atoms. The molecule has 1 N–H and O–H groups in total. The van der Waals surface area contributed by atoms with E-state index in [0.717, 1.165) is 12.8 Å². The first kappa shape index (κ1) is 13.0. The molecule has 3 rings (SSSR count). The second-order valence-corrected chi connectivity index (χ2v) is 5.16. The summed E-state index contributed by atoms with van der Waals surface area (Å²) in [5, 5.41) is 7.68. The minimum absolute atomic E-state index is 0.131. The van der Waals surface area contributed by atoms with Gasteiger partial charge in [0, 0.05) is 17.3 Å². The highest BCUT2D eigenvalue weighted by molar-refractivity contribution is 6.30. The lowest BCUT2D eigenvalue weighted by Gasteiger charge is -2.06. The van der Waals surface area contributed by atoms with Gasteiger partial charge in [-0.25, -0.2) is 4.68 Å². The van der Waals surface area contributed by atoms with Crippen molar-refractivity contribution in [2.75, 3.05) is 0 Å². The SMILES string of the molecule is O=C(NC1CC1)c1ccn(COc2cccc(Cl)c2)n1. The molecule has 104 valence electrons. The largest absolute Gasteiger partial charge is 0.471 e. The fourth-order valence-corrected chi connectivity index (χ4v) is 1.92. The van der Waals surface area contributed by atoms with Crippen LogP contribution in [0.5, 0.6) is 5.75 Å². The Kier molecular flexibility index (Phi) is 3.60. The molecule has 1 saturated carbocycles. The average molecular weight is 292 g/mol. The van der Waals surface area contributed by atoms with Crippen molar-refractivity contribution in [1.82, 2.24) is 15.1 Å². The van der Waals surface area contributed by atoms with Crippen LogP contribution in [0.1, 0.15) is 23.3 Å². The van der Waals surface area contributed by atoms with E-state index in [-0.39, 0.29) is 12.6 Å². The van der Waals surface area contributed by atoms with Gasteiger partial charge in [0.15, 0.2) is 6.73 Å². The lowest BCUT2D eigenvalue weighted by atomic mass is 10.3. The maximum absolute atomic E-state index is 11.8. The molecule has 0 saturated heterocycles. The van der Waals surface area contributed by atoms with E-state index in [0.29, 0.717) is 22.5 Å². The van der Waals surface area contributed by atoms with Gasteiger partial charge in [-0.1, -0.05) is 17.7 Å². The minimum atomic E-state index is -0.131. The average Bonchev–Trinajstić information content (AvgIpc) is 3.11. The van der Waals surface area contributed by atoms with Crippen LogP contribution < -0.4 is 10.1 Å². The van der Waals surface area contributed by atoms with Gasteiger partial charge in [-0.2, -0.15) is 5.10 Å². The summed E-state index contributed by atoms with van der Waals surface area (Å²) in [4.78, 5) is 11.8. The highest BCUT2D eigenvalue weighted by Crippen LogP contribution is 2.19. The first-order valence-corrected chi connectivity index (χ1v) is 6.81. The van der Waals surface area contributed by atoms with Crippen molar-refractivity contribution in [3.05, 3.63) is 47.2 Å². The number of nitrogens with one attached hydrogen (secondary N) is 1. The molecule has 0 unspecified atom stereocenters. The van der Waals surface area contributed by atoms with E-state index < -0.39 is 0 Å². The number of hydrogen-bond acceptors (Lipinski definition) is 3. The van der Waals surface area contributed by atoms with Gasteiger partial charge in [0.05, 0.1) is 0 Å². The molecular weight excluding hydrogens is 278 g/mol. The summed E-state index contributed by atoms with van der Waals surface area (Å²) >= 11 is 5.87. The molecule has 0 bridgehead atoms. The fourth-order valence-electron chi connectivity index (χ4n) is 1.74. The van der Waals surface area contributed by atoms with E-state index >= 15 is 0 Å². The third kappa shape index (κ3) is 3.30. The number of aromatic nitrogens is 2. The number of benzene rings is 1. The van der Waals surface area contributed by atoms with Crippen molar-refractivity contribution in [3.63, 3.8) is 0 Å². The van der Waals surface area contributed by atoms with Gasteiger partial charge in [0.25, 0.3) is 5.91 Å². The molecule has 6 heteroatoms. The highest BCUT2D eigenvalue weighted by atomic mass is 35.5. The Morgan fingerprint density at radius 3 is 3.05 bits per heavy atom. The predicted molar refractivity (Wildman–Crippen MR) is 74.8 cm³/mol. The molecule has 1 fully saturated rings. The van der Waals surface area contributed by atoms with E-state index in [4.69, 9.17) is 16.3 Å². The summed E-state index contributed by atoms with van der Waals surface area (Å²) in [6, 6.07) is 9.15. The van der Waals surface area contributed by atoms with Crippen LogP contribution in [0.15, 0.2) is 36.5 Å². The van der Waals surface area contributed by atoms with Crippen LogP contribution in [0.3, 0.4) is 0 Å². The van der Waals surface area contributed by atoms with Crippen LogP contribution in [-0.4, -0.2) is 21.7 Å². The van der Waals surface area contributed by atoms with E-state index in [1.54, 1.807) is 29.1 Å². The number of amides is 1. The molecule has 1 aromatic heterocycles. The number of carbonyl (C=O) groups is 1. The van der Waals surface area contributed by atoms with E-state index in [1.807, 2.05) is 12.1 Å². The quantitative estimate of drug-likeness (QED) is 0.921. The van der Waals surface area contributed by atoms with Gasteiger partial charge < -0.3 is 10.1 Å². The molecule has 1 amide bonds. The third-order valence-corrected chi connectivity index (χ3v) is 3.18. The highest BCUT2D eigenvalue weighted by Gasteiger charge is 2.24. The Morgan fingerprint density at radius 2 is 2.30 bits per heavy atom. The van der Waals surface area contributed by atoms with Gasteiger partial charge in [0.2, 0.25) is 0 Å². The molecule has 20 heavy (non-hydrogen) atoms. The number of ether oxygens (including phenoxy) is 1.